The van der Waals surface area contributed by atoms with Crippen LogP contribution >= 0.6 is 11.3 Å². The van der Waals surface area contributed by atoms with Crippen molar-refractivity contribution in [1.82, 2.24) is 4.72 Å². The number of sulfonamides is 1. The molecule has 19 heavy (non-hydrogen) atoms. The second kappa shape index (κ2) is 5.58. The molecule has 0 aromatic carbocycles. The van der Waals surface area contributed by atoms with Crippen LogP contribution in [0.5, 0.6) is 0 Å². The first-order chi connectivity index (χ1) is 8.96. The highest BCUT2D eigenvalue weighted by molar-refractivity contribution is 7.89. The lowest BCUT2D eigenvalue weighted by Gasteiger charge is -2.32. The minimum absolute atomic E-state index is 0.0362. The van der Waals surface area contributed by atoms with Crippen LogP contribution in [0.4, 0.5) is 0 Å². The van der Waals surface area contributed by atoms with Gasteiger partial charge in [0.05, 0.1) is 11.5 Å². The van der Waals surface area contributed by atoms with Crippen molar-refractivity contribution in [3.05, 3.63) is 16.8 Å². The molecular weight excluding hydrogens is 290 g/mol. The number of hydrogen-bond donors (Lipinski definition) is 2. The molecule has 2 rings (SSSR count). The number of carbonyl (C=O) groups is 1. The molecule has 6 nitrogen and oxygen atoms in total. The van der Waals surface area contributed by atoms with Crippen LogP contribution in [0.2, 0.25) is 0 Å². The summed E-state index contributed by atoms with van der Waals surface area (Å²) in [5, 5.41) is 12.5. The van der Waals surface area contributed by atoms with Gasteiger partial charge >= 0.3 is 5.97 Å². The lowest BCUT2D eigenvalue weighted by Crippen LogP contribution is -2.48. The zero-order chi connectivity index (χ0) is 13.9. The Balaban J connectivity index is 2.09. The third kappa shape index (κ3) is 3.14. The molecule has 2 N–H and O–H groups in total. The van der Waals surface area contributed by atoms with Crippen molar-refractivity contribution in [3.8, 4) is 0 Å². The molecule has 2 heterocycles. The van der Waals surface area contributed by atoms with Crippen LogP contribution in [0.15, 0.2) is 21.7 Å². The molecule has 0 spiro atoms. The molecule has 1 aliphatic rings. The van der Waals surface area contributed by atoms with Crippen LogP contribution < -0.4 is 4.72 Å². The van der Waals surface area contributed by atoms with Crippen LogP contribution in [-0.2, 0) is 19.6 Å². The van der Waals surface area contributed by atoms with Crippen LogP contribution in [0.25, 0.3) is 0 Å². The van der Waals surface area contributed by atoms with Gasteiger partial charge in [-0.3, -0.25) is 4.79 Å². The van der Waals surface area contributed by atoms with Gasteiger partial charge in [-0.25, -0.2) is 13.1 Å². The highest BCUT2D eigenvalue weighted by atomic mass is 32.2. The first kappa shape index (κ1) is 14.4. The fraction of sp³-hybridized carbons (Fsp3) is 0.545. The molecule has 106 valence electrons. The summed E-state index contributed by atoms with van der Waals surface area (Å²) in [7, 11) is -3.65. The van der Waals surface area contributed by atoms with Crippen LogP contribution in [0, 0.1) is 5.41 Å². The number of aliphatic carboxylic acids is 1. The number of rotatable bonds is 5. The van der Waals surface area contributed by atoms with E-state index in [1.54, 1.807) is 5.38 Å². The zero-order valence-corrected chi connectivity index (χ0v) is 11.8. The Kier molecular flexibility index (Phi) is 4.24. The fourth-order valence-electron chi connectivity index (χ4n) is 1.96. The number of nitrogens with one attached hydrogen (secondary N) is 1. The molecule has 1 unspecified atom stereocenters. The van der Waals surface area contributed by atoms with Gasteiger partial charge < -0.3 is 9.84 Å². The first-order valence-electron chi connectivity index (χ1n) is 5.79. The normalized spacial score (nSPS) is 24.2. The summed E-state index contributed by atoms with van der Waals surface area (Å²) in [6, 6.07) is 1.48. The molecule has 0 bridgehead atoms. The Morgan fingerprint density at radius 3 is 2.89 bits per heavy atom. The average molecular weight is 305 g/mol. The number of hydrogen-bond acceptors (Lipinski definition) is 5. The van der Waals surface area contributed by atoms with Crippen molar-refractivity contribution < 1.29 is 23.1 Å². The van der Waals surface area contributed by atoms with Crippen molar-refractivity contribution in [1.29, 1.82) is 0 Å². The molecule has 0 amide bonds. The predicted octanol–water partition coefficient (Wildman–Crippen LogP) is 0.908. The number of thiophene rings is 1. The molecule has 1 aromatic rings. The van der Waals surface area contributed by atoms with E-state index >= 15 is 0 Å². The summed E-state index contributed by atoms with van der Waals surface area (Å²) in [6.45, 7) is 0.404. The molecule has 1 atom stereocenters. The molecular formula is C11H15NO5S2. The molecule has 0 saturated carbocycles. The van der Waals surface area contributed by atoms with Gasteiger partial charge in [0.25, 0.3) is 0 Å². The summed E-state index contributed by atoms with van der Waals surface area (Å²) in [5.41, 5.74) is -1.17. The van der Waals surface area contributed by atoms with Gasteiger partial charge in [0.15, 0.2) is 0 Å². The van der Waals surface area contributed by atoms with E-state index in [0.717, 1.165) is 0 Å². The minimum Gasteiger partial charge on any atom is -0.481 e. The maximum absolute atomic E-state index is 12.0. The van der Waals surface area contributed by atoms with E-state index in [4.69, 9.17) is 4.74 Å². The number of carboxylic acid groups (broad SMARTS) is 1. The molecule has 8 heteroatoms. The third-order valence-electron chi connectivity index (χ3n) is 3.18. The van der Waals surface area contributed by atoms with Gasteiger partial charge in [0.2, 0.25) is 10.0 Å². The summed E-state index contributed by atoms with van der Waals surface area (Å²) >= 11 is 1.27. The second-order valence-corrected chi connectivity index (χ2v) is 7.07. The van der Waals surface area contributed by atoms with Gasteiger partial charge in [0.1, 0.15) is 5.41 Å². The van der Waals surface area contributed by atoms with Gasteiger partial charge in [-0.15, -0.1) is 0 Å². The summed E-state index contributed by atoms with van der Waals surface area (Å²) in [6.07, 6.45) is 1.03. The summed E-state index contributed by atoms with van der Waals surface area (Å²) < 4.78 is 31.5. The Bertz CT molecular complexity index is 531. The third-order valence-corrected chi connectivity index (χ3v) is 5.41. The van der Waals surface area contributed by atoms with E-state index in [1.165, 1.54) is 22.8 Å². The van der Waals surface area contributed by atoms with E-state index in [2.05, 4.69) is 4.72 Å². The van der Waals surface area contributed by atoms with Crippen molar-refractivity contribution in [2.45, 2.75) is 17.7 Å². The monoisotopic (exact) mass is 305 g/mol. The van der Waals surface area contributed by atoms with E-state index in [-0.39, 0.29) is 18.0 Å². The number of ether oxygens (including phenoxy) is 1. The minimum atomic E-state index is -3.65. The number of carboxylic acids is 1. The van der Waals surface area contributed by atoms with E-state index in [1.807, 2.05) is 0 Å². The molecule has 0 radical (unpaired) electrons. The lowest BCUT2D eigenvalue weighted by molar-refractivity contribution is -0.156. The van der Waals surface area contributed by atoms with Crippen molar-refractivity contribution >= 4 is 27.3 Å². The standard InChI is InChI=1S/C11H15NO5S2/c13-10(14)11(3-1-4-17-8-11)7-12-19(15,16)9-2-5-18-6-9/h2,5-6,12H,1,3-4,7-8H2,(H,13,14). The van der Waals surface area contributed by atoms with Crippen LogP contribution in [0.1, 0.15) is 12.8 Å². The smallest absolute Gasteiger partial charge is 0.313 e. The maximum atomic E-state index is 12.0. The van der Waals surface area contributed by atoms with Gasteiger partial charge in [-0.1, -0.05) is 0 Å². The molecule has 1 saturated heterocycles. The second-order valence-electron chi connectivity index (χ2n) is 4.53. The van der Waals surface area contributed by atoms with E-state index in [0.29, 0.717) is 19.4 Å². The largest absolute Gasteiger partial charge is 0.481 e. The molecule has 1 fully saturated rings. The fourth-order valence-corrected chi connectivity index (χ4v) is 4.11. The zero-order valence-electron chi connectivity index (χ0n) is 10.2. The van der Waals surface area contributed by atoms with Crippen molar-refractivity contribution in [2.75, 3.05) is 19.8 Å². The maximum Gasteiger partial charge on any atom is 0.313 e. The summed E-state index contributed by atoms with van der Waals surface area (Å²) in [5.74, 6) is -1.03. The molecule has 1 aromatic heterocycles. The van der Waals surface area contributed by atoms with Crippen molar-refractivity contribution in [3.63, 3.8) is 0 Å². The molecule has 0 aliphatic carbocycles. The van der Waals surface area contributed by atoms with E-state index in [9.17, 15) is 18.3 Å². The SMILES string of the molecule is O=C(O)C1(CNS(=O)(=O)c2ccsc2)CCCOC1. The quantitative estimate of drug-likeness (QED) is 0.843. The Morgan fingerprint density at radius 2 is 2.37 bits per heavy atom. The van der Waals surface area contributed by atoms with Gasteiger partial charge in [0, 0.05) is 18.5 Å². The van der Waals surface area contributed by atoms with E-state index < -0.39 is 21.4 Å². The van der Waals surface area contributed by atoms with Crippen LogP contribution in [-0.4, -0.2) is 39.3 Å². The Hall–Kier alpha value is -0.960. The summed E-state index contributed by atoms with van der Waals surface area (Å²) in [4.78, 5) is 11.5. The molecule has 1 aliphatic heterocycles. The topological polar surface area (TPSA) is 92.7 Å². The average Bonchev–Trinajstić information content (AvgIpc) is 2.92. The highest BCUT2D eigenvalue weighted by Crippen LogP contribution is 2.29. The van der Waals surface area contributed by atoms with Gasteiger partial charge in [-0.2, -0.15) is 11.3 Å². The first-order valence-corrected chi connectivity index (χ1v) is 8.22. The predicted molar refractivity (Wildman–Crippen MR) is 69.6 cm³/mol. The Morgan fingerprint density at radius 1 is 1.58 bits per heavy atom. The highest BCUT2D eigenvalue weighted by Gasteiger charge is 2.41. The Labute approximate surface area is 115 Å². The van der Waals surface area contributed by atoms with Crippen molar-refractivity contribution in [2.24, 2.45) is 5.41 Å². The lowest BCUT2D eigenvalue weighted by atomic mass is 9.83. The van der Waals surface area contributed by atoms with Crippen LogP contribution in [0.3, 0.4) is 0 Å². The van der Waals surface area contributed by atoms with Gasteiger partial charge in [-0.05, 0) is 24.3 Å².